The summed E-state index contributed by atoms with van der Waals surface area (Å²) >= 11 is 0. The van der Waals surface area contributed by atoms with Crippen LogP contribution in [0.4, 0.5) is 10.1 Å². The maximum absolute atomic E-state index is 12.8. The minimum atomic E-state index is -1.03. The molecule has 0 unspecified atom stereocenters. The molecule has 0 bridgehead atoms. The van der Waals surface area contributed by atoms with E-state index in [1.54, 1.807) is 0 Å². The summed E-state index contributed by atoms with van der Waals surface area (Å²) in [5.41, 5.74) is 1.07. The van der Waals surface area contributed by atoms with Crippen molar-refractivity contribution in [2.75, 3.05) is 5.32 Å². The molecule has 0 saturated heterocycles. The van der Waals surface area contributed by atoms with Gasteiger partial charge in [-0.2, -0.15) is 0 Å². The second kappa shape index (κ2) is 7.31. The monoisotopic (exact) mass is 315 g/mol. The van der Waals surface area contributed by atoms with E-state index in [9.17, 15) is 18.8 Å². The molecule has 6 heteroatoms. The summed E-state index contributed by atoms with van der Waals surface area (Å²) in [7, 11) is 0. The Morgan fingerprint density at radius 3 is 2.26 bits per heavy atom. The van der Waals surface area contributed by atoms with Crippen LogP contribution in [0.1, 0.15) is 27.6 Å². The van der Waals surface area contributed by atoms with Crippen molar-refractivity contribution in [3.05, 3.63) is 65.5 Å². The third-order valence-electron chi connectivity index (χ3n) is 3.05. The normalized spacial score (nSPS) is 11.4. The average Bonchev–Trinajstić information content (AvgIpc) is 2.56. The van der Waals surface area contributed by atoms with Crippen molar-refractivity contribution in [3.63, 3.8) is 0 Å². The summed E-state index contributed by atoms with van der Waals surface area (Å²) in [5, 5.41) is 2.51. The molecule has 0 aliphatic carbocycles. The van der Waals surface area contributed by atoms with E-state index >= 15 is 0 Å². The van der Waals surface area contributed by atoms with Gasteiger partial charge in [-0.25, -0.2) is 9.18 Å². The van der Waals surface area contributed by atoms with Gasteiger partial charge in [0.1, 0.15) is 12.1 Å². The van der Waals surface area contributed by atoms with Crippen molar-refractivity contribution in [2.24, 2.45) is 0 Å². The molecule has 0 fully saturated rings. The molecule has 2 aromatic carbocycles. The Morgan fingerprint density at radius 2 is 1.70 bits per heavy atom. The highest BCUT2D eigenvalue weighted by molar-refractivity contribution is 5.97. The molecule has 0 aliphatic heterocycles. The lowest BCUT2D eigenvalue weighted by atomic mass is 10.1. The average molecular weight is 315 g/mol. The van der Waals surface area contributed by atoms with Gasteiger partial charge in [0.05, 0.1) is 5.56 Å². The van der Waals surface area contributed by atoms with Gasteiger partial charge in [-0.15, -0.1) is 0 Å². The minimum Gasteiger partial charge on any atom is -0.449 e. The smallest absolute Gasteiger partial charge is 0.338 e. The fraction of sp³-hybridized carbons (Fsp3) is 0.118. The molecular weight excluding hydrogens is 301 g/mol. The molecule has 0 aliphatic rings. The number of carbonyl (C=O) groups is 3. The van der Waals surface area contributed by atoms with E-state index < -0.39 is 23.8 Å². The highest BCUT2D eigenvalue weighted by atomic mass is 19.1. The van der Waals surface area contributed by atoms with Gasteiger partial charge >= 0.3 is 5.97 Å². The number of ether oxygens (including phenoxy) is 1. The highest BCUT2D eigenvalue weighted by Crippen LogP contribution is 2.11. The Labute approximate surface area is 132 Å². The van der Waals surface area contributed by atoms with Gasteiger partial charge in [0.25, 0.3) is 5.91 Å². The third-order valence-corrected chi connectivity index (χ3v) is 3.05. The molecule has 0 radical (unpaired) electrons. The van der Waals surface area contributed by atoms with Crippen LogP contribution in [0.5, 0.6) is 0 Å². The first kappa shape index (κ1) is 16.4. The minimum absolute atomic E-state index is 0.233. The van der Waals surface area contributed by atoms with E-state index in [0.29, 0.717) is 17.5 Å². The molecular formula is C17H14FNO4. The van der Waals surface area contributed by atoms with Gasteiger partial charge in [-0.05, 0) is 43.3 Å². The summed E-state index contributed by atoms with van der Waals surface area (Å²) in [6.07, 6.45) is -0.369. The lowest BCUT2D eigenvalue weighted by Crippen LogP contribution is -2.30. The zero-order chi connectivity index (χ0) is 16.8. The van der Waals surface area contributed by atoms with E-state index in [0.717, 1.165) is 0 Å². The first-order valence-corrected chi connectivity index (χ1v) is 6.82. The molecule has 1 atom stereocenters. The maximum atomic E-state index is 12.8. The van der Waals surface area contributed by atoms with Gasteiger partial charge in [-0.1, -0.05) is 12.1 Å². The van der Waals surface area contributed by atoms with Crippen LogP contribution >= 0.6 is 0 Å². The molecule has 0 saturated carbocycles. The number of hydrogen-bond acceptors (Lipinski definition) is 4. The molecule has 0 spiro atoms. The second-order valence-corrected chi connectivity index (χ2v) is 4.78. The Morgan fingerprint density at radius 1 is 1.09 bits per heavy atom. The zero-order valence-electron chi connectivity index (χ0n) is 12.3. The van der Waals surface area contributed by atoms with Gasteiger partial charge in [-0.3, -0.25) is 9.59 Å². The highest BCUT2D eigenvalue weighted by Gasteiger charge is 2.19. The van der Waals surface area contributed by atoms with Crippen LogP contribution in [-0.2, 0) is 9.53 Å². The summed E-state index contributed by atoms with van der Waals surface area (Å²) < 4.78 is 17.8. The number of aldehydes is 1. The molecule has 1 N–H and O–H groups in total. The SMILES string of the molecule is C[C@H](OC(=O)c1ccc(C=O)cc1)C(=O)Nc1ccc(F)cc1. The fourth-order valence-corrected chi connectivity index (χ4v) is 1.76. The quantitative estimate of drug-likeness (QED) is 0.680. The standard InChI is InChI=1S/C17H14FNO4/c1-11(16(21)19-15-8-6-14(18)7-9-15)23-17(22)13-4-2-12(10-20)3-5-13/h2-11H,1H3,(H,19,21)/t11-/m0/s1. The molecule has 1 amide bonds. The molecule has 23 heavy (non-hydrogen) atoms. The van der Waals surface area contributed by atoms with E-state index in [1.807, 2.05) is 0 Å². The van der Waals surface area contributed by atoms with Crippen molar-refractivity contribution < 1.29 is 23.5 Å². The number of anilines is 1. The Balaban J connectivity index is 1.95. The summed E-state index contributed by atoms with van der Waals surface area (Å²) in [6, 6.07) is 11.1. The van der Waals surface area contributed by atoms with Crippen LogP contribution < -0.4 is 5.32 Å². The fourth-order valence-electron chi connectivity index (χ4n) is 1.76. The van der Waals surface area contributed by atoms with Crippen LogP contribution in [0.3, 0.4) is 0 Å². The largest absolute Gasteiger partial charge is 0.449 e. The summed E-state index contributed by atoms with van der Waals surface area (Å²) in [5.74, 6) is -1.63. The van der Waals surface area contributed by atoms with Crippen molar-refractivity contribution in [2.45, 2.75) is 13.0 Å². The Hall–Kier alpha value is -3.02. The molecule has 118 valence electrons. The maximum Gasteiger partial charge on any atom is 0.338 e. The van der Waals surface area contributed by atoms with E-state index in [2.05, 4.69) is 5.32 Å². The lowest BCUT2D eigenvalue weighted by Gasteiger charge is -2.13. The van der Waals surface area contributed by atoms with Gasteiger partial charge in [0.2, 0.25) is 0 Å². The number of nitrogens with one attached hydrogen (secondary N) is 1. The number of benzene rings is 2. The predicted octanol–water partition coefficient (Wildman–Crippen LogP) is 2.82. The number of carbonyl (C=O) groups excluding carboxylic acids is 3. The molecule has 2 aromatic rings. The van der Waals surface area contributed by atoms with Crippen LogP contribution in [0.15, 0.2) is 48.5 Å². The van der Waals surface area contributed by atoms with Crippen molar-refractivity contribution >= 4 is 23.9 Å². The first-order valence-electron chi connectivity index (χ1n) is 6.82. The third kappa shape index (κ3) is 4.47. The zero-order valence-corrected chi connectivity index (χ0v) is 12.3. The van der Waals surface area contributed by atoms with Crippen LogP contribution in [0, 0.1) is 5.82 Å². The second-order valence-electron chi connectivity index (χ2n) is 4.78. The lowest BCUT2D eigenvalue weighted by molar-refractivity contribution is -0.123. The van der Waals surface area contributed by atoms with Crippen LogP contribution in [-0.4, -0.2) is 24.3 Å². The number of hydrogen-bond donors (Lipinski definition) is 1. The van der Waals surface area contributed by atoms with Crippen LogP contribution in [0.25, 0.3) is 0 Å². The molecule has 0 aromatic heterocycles. The Bertz CT molecular complexity index is 710. The van der Waals surface area contributed by atoms with E-state index in [4.69, 9.17) is 4.74 Å². The Kier molecular flexibility index (Phi) is 5.19. The molecule has 5 nitrogen and oxygen atoms in total. The molecule has 2 rings (SSSR count). The van der Waals surface area contributed by atoms with Crippen molar-refractivity contribution in [1.82, 2.24) is 0 Å². The van der Waals surface area contributed by atoms with E-state index in [-0.39, 0.29) is 5.56 Å². The predicted molar refractivity (Wildman–Crippen MR) is 81.7 cm³/mol. The van der Waals surface area contributed by atoms with Crippen LogP contribution in [0.2, 0.25) is 0 Å². The number of amides is 1. The number of halogens is 1. The van der Waals surface area contributed by atoms with Gasteiger partial charge in [0.15, 0.2) is 6.10 Å². The van der Waals surface area contributed by atoms with Gasteiger partial charge < -0.3 is 10.1 Å². The molecule has 0 heterocycles. The number of rotatable bonds is 5. The first-order chi connectivity index (χ1) is 11.0. The summed E-state index contributed by atoms with van der Waals surface area (Å²) in [6.45, 7) is 1.43. The van der Waals surface area contributed by atoms with Crippen molar-refractivity contribution in [3.8, 4) is 0 Å². The van der Waals surface area contributed by atoms with Gasteiger partial charge in [0, 0.05) is 11.3 Å². The van der Waals surface area contributed by atoms with E-state index in [1.165, 1.54) is 55.5 Å². The summed E-state index contributed by atoms with van der Waals surface area (Å²) in [4.78, 5) is 34.4. The number of esters is 1. The topological polar surface area (TPSA) is 72.5 Å². The van der Waals surface area contributed by atoms with Crippen molar-refractivity contribution in [1.29, 1.82) is 0 Å².